The SMILES string of the molecule is O=c1ccccn1CCN1CCCC1CBr. The molecule has 16 heavy (non-hydrogen) atoms. The first-order valence-corrected chi connectivity index (χ1v) is 6.89. The Morgan fingerprint density at radius 1 is 1.38 bits per heavy atom. The lowest BCUT2D eigenvalue weighted by molar-refractivity contribution is 0.261. The smallest absolute Gasteiger partial charge is 0.250 e. The monoisotopic (exact) mass is 284 g/mol. The van der Waals surface area contributed by atoms with E-state index in [4.69, 9.17) is 0 Å². The number of rotatable bonds is 4. The summed E-state index contributed by atoms with van der Waals surface area (Å²) in [4.78, 5) is 14.0. The molecule has 1 atom stereocenters. The van der Waals surface area contributed by atoms with Crippen LogP contribution in [0, 0.1) is 0 Å². The highest BCUT2D eigenvalue weighted by Crippen LogP contribution is 2.18. The Balaban J connectivity index is 1.92. The molecule has 1 aliphatic rings. The molecule has 88 valence electrons. The minimum Gasteiger partial charge on any atom is -0.314 e. The predicted octanol–water partition coefficient (Wildman–Crippen LogP) is 1.71. The Bertz CT molecular complexity index is 391. The molecule has 0 N–H and O–H groups in total. The molecule has 1 saturated heterocycles. The molecule has 1 fully saturated rings. The summed E-state index contributed by atoms with van der Waals surface area (Å²) in [5, 5.41) is 1.04. The van der Waals surface area contributed by atoms with Gasteiger partial charge in [-0.1, -0.05) is 22.0 Å². The molecule has 0 radical (unpaired) electrons. The summed E-state index contributed by atoms with van der Waals surface area (Å²) < 4.78 is 1.78. The van der Waals surface area contributed by atoms with Crippen LogP contribution in [0.25, 0.3) is 0 Å². The first kappa shape index (κ1) is 11.9. The number of halogens is 1. The molecule has 1 unspecified atom stereocenters. The highest BCUT2D eigenvalue weighted by molar-refractivity contribution is 9.09. The molecule has 0 amide bonds. The van der Waals surface area contributed by atoms with Crippen LogP contribution >= 0.6 is 15.9 Å². The molecule has 3 nitrogen and oxygen atoms in total. The number of pyridine rings is 1. The quantitative estimate of drug-likeness (QED) is 0.787. The summed E-state index contributed by atoms with van der Waals surface area (Å²) in [5.41, 5.74) is 0.0945. The van der Waals surface area contributed by atoms with E-state index in [0.29, 0.717) is 6.04 Å². The van der Waals surface area contributed by atoms with Crippen molar-refractivity contribution in [1.29, 1.82) is 0 Å². The zero-order valence-electron chi connectivity index (χ0n) is 9.31. The van der Waals surface area contributed by atoms with E-state index in [1.54, 1.807) is 16.7 Å². The lowest BCUT2D eigenvalue weighted by atomic mass is 10.2. The number of hydrogen-bond acceptors (Lipinski definition) is 2. The number of aromatic nitrogens is 1. The third-order valence-electron chi connectivity index (χ3n) is 3.20. The molecular weight excluding hydrogens is 268 g/mol. The van der Waals surface area contributed by atoms with Gasteiger partial charge in [0.25, 0.3) is 5.56 Å². The van der Waals surface area contributed by atoms with Gasteiger partial charge in [0, 0.05) is 36.7 Å². The summed E-state index contributed by atoms with van der Waals surface area (Å²) in [6.45, 7) is 2.93. The van der Waals surface area contributed by atoms with Crippen molar-refractivity contribution in [1.82, 2.24) is 9.47 Å². The van der Waals surface area contributed by atoms with Gasteiger partial charge in [0.15, 0.2) is 0 Å². The van der Waals surface area contributed by atoms with Gasteiger partial charge in [0.2, 0.25) is 0 Å². The molecule has 2 heterocycles. The molecule has 0 bridgehead atoms. The molecule has 0 aromatic carbocycles. The van der Waals surface area contributed by atoms with Crippen LogP contribution in [0.3, 0.4) is 0 Å². The second-order valence-corrected chi connectivity index (χ2v) is 4.87. The summed E-state index contributed by atoms with van der Waals surface area (Å²) in [5.74, 6) is 0. The Kier molecular flexibility index (Phi) is 4.18. The highest BCUT2D eigenvalue weighted by Gasteiger charge is 2.22. The predicted molar refractivity (Wildman–Crippen MR) is 69.1 cm³/mol. The largest absolute Gasteiger partial charge is 0.314 e. The van der Waals surface area contributed by atoms with Crippen molar-refractivity contribution in [3.8, 4) is 0 Å². The van der Waals surface area contributed by atoms with Crippen LogP contribution in [0.15, 0.2) is 29.2 Å². The number of nitrogens with zero attached hydrogens (tertiary/aromatic N) is 2. The molecule has 4 heteroatoms. The van der Waals surface area contributed by atoms with E-state index in [2.05, 4.69) is 20.8 Å². The van der Waals surface area contributed by atoms with Crippen molar-refractivity contribution in [2.75, 3.05) is 18.4 Å². The molecule has 1 aliphatic heterocycles. The minimum absolute atomic E-state index is 0.0945. The van der Waals surface area contributed by atoms with Crippen molar-refractivity contribution in [3.63, 3.8) is 0 Å². The third-order valence-corrected chi connectivity index (χ3v) is 3.95. The van der Waals surface area contributed by atoms with Gasteiger partial charge in [-0.3, -0.25) is 9.69 Å². The Morgan fingerprint density at radius 3 is 3.00 bits per heavy atom. The standard InChI is InChI=1S/C12H17BrN2O/c13-10-11-4-3-7-14(11)8-9-15-6-2-1-5-12(15)16/h1-2,5-6,11H,3-4,7-10H2. The van der Waals surface area contributed by atoms with Gasteiger partial charge in [-0.15, -0.1) is 0 Å². The summed E-state index contributed by atoms with van der Waals surface area (Å²) in [6.07, 6.45) is 4.41. The summed E-state index contributed by atoms with van der Waals surface area (Å²) in [7, 11) is 0. The van der Waals surface area contributed by atoms with Crippen LogP contribution in [-0.2, 0) is 6.54 Å². The van der Waals surface area contributed by atoms with E-state index in [1.807, 2.05) is 12.3 Å². The van der Waals surface area contributed by atoms with Crippen LogP contribution in [-0.4, -0.2) is 33.9 Å². The van der Waals surface area contributed by atoms with Crippen LogP contribution in [0.2, 0.25) is 0 Å². The van der Waals surface area contributed by atoms with E-state index in [-0.39, 0.29) is 5.56 Å². The van der Waals surface area contributed by atoms with Gasteiger partial charge in [-0.05, 0) is 25.5 Å². The normalized spacial score (nSPS) is 21.4. The fourth-order valence-corrected chi connectivity index (χ4v) is 2.98. The van der Waals surface area contributed by atoms with Gasteiger partial charge >= 0.3 is 0 Å². The number of alkyl halides is 1. The summed E-state index contributed by atoms with van der Waals surface area (Å²) in [6, 6.07) is 5.97. The minimum atomic E-state index is 0.0945. The van der Waals surface area contributed by atoms with E-state index in [1.165, 1.54) is 12.8 Å². The Morgan fingerprint density at radius 2 is 2.25 bits per heavy atom. The average molecular weight is 285 g/mol. The maximum Gasteiger partial charge on any atom is 0.250 e. The topological polar surface area (TPSA) is 25.2 Å². The average Bonchev–Trinajstić information content (AvgIpc) is 2.75. The fourth-order valence-electron chi connectivity index (χ4n) is 2.25. The first-order valence-electron chi connectivity index (χ1n) is 5.77. The van der Waals surface area contributed by atoms with Gasteiger partial charge in [0.05, 0.1) is 0 Å². The fraction of sp³-hybridized carbons (Fsp3) is 0.583. The van der Waals surface area contributed by atoms with Crippen LogP contribution in [0.4, 0.5) is 0 Å². The van der Waals surface area contributed by atoms with Gasteiger partial charge in [0.1, 0.15) is 0 Å². The van der Waals surface area contributed by atoms with E-state index in [0.717, 1.165) is 25.0 Å². The van der Waals surface area contributed by atoms with Gasteiger partial charge in [-0.25, -0.2) is 0 Å². The van der Waals surface area contributed by atoms with Gasteiger partial charge in [-0.2, -0.15) is 0 Å². The second kappa shape index (κ2) is 5.64. The van der Waals surface area contributed by atoms with Gasteiger partial charge < -0.3 is 4.57 Å². The maximum absolute atomic E-state index is 11.5. The van der Waals surface area contributed by atoms with Crippen LogP contribution < -0.4 is 5.56 Å². The van der Waals surface area contributed by atoms with Crippen molar-refractivity contribution in [3.05, 3.63) is 34.7 Å². The molecular formula is C12H17BrN2O. The molecule has 1 aromatic heterocycles. The lowest BCUT2D eigenvalue weighted by Gasteiger charge is -2.22. The number of hydrogen-bond donors (Lipinski definition) is 0. The molecule has 2 rings (SSSR count). The van der Waals surface area contributed by atoms with E-state index in [9.17, 15) is 4.79 Å². The second-order valence-electron chi connectivity index (χ2n) is 4.22. The molecule has 1 aromatic rings. The van der Waals surface area contributed by atoms with Crippen molar-refractivity contribution in [2.24, 2.45) is 0 Å². The first-order chi connectivity index (χ1) is 7.81. The zero-order valence-corrected chi connectivity index (χ0v) is 10.9. The van der Waals surface area contributed by atoms with Crippen LogP contribution in [0.5, 0.6) is 0 Å². The van der Waals surface area contributed by atoms with E-state index >= 15 is 0 Å². The van der Waals surface area contributed by atoms with Crippen molar-refractivity contribution in [2.45, 2.75) is 25.4 Å². The Hall–Kier alpha value is -0.610. The lowest BCUT2D eigenvalue weighted by Crippen LogP contribution is -2.35. The van der Waals surface area contributed by atoms with Crippen LogP contribution in [0.1, 0.15) is 12.8 Å². The highest BCUT2D eigenvalue weighted by atomic mass is 79.9. The molecule has 0 spiro atoms. The summed E-state index contributed by atoms with van der Waals surface area (Å²) >= 11 is 3.55. The molecule has 0 aliphatic carbocycles. The third kappa shape index (κ3) is 2.74. The Labute approximate surface area is 104 Å². The molecule has 0 saturated carbocycles. The zero-order chi connectivity index (χ0) is 11.4. The maximum atomic E-state index is 11.5. The van der Waals surface area contributed by atoms with E-state index < -0.39 is 0 Å². The van der Waals surface area contributed by atoms with Crippen molar-refractivity contribution >= 4 is 15.9 Å². The van der Waals surface area contributed by atoms with Crippen molar-refractivity contribution < 1.29 is 0 Å². The number of likely N-dealkylation sites (tertiary alicyclic amines) is 1.